The summed E-state index contributed by atoms with van der Waals surface area (Å²) >= 11 is 0. The van der Waals surface area contributed by atoms with Gasteiger partial charge < -0.3 is 19.7 Å². The zero-order chi connectivity index (χ0) is 28.6. The highest BCUT2D eigenvalue weighted by Crippen LogP contribution is 2.25. The second-order valence-electron chi connectivity index (χ2n) is 11.9. The van der Waals surface area contributed by atoms with Crippen molar-refractivity contribution in [3.05, 3.63) is 95.6 Å². The highest BCUT2D eigenvalue weighted by Gasteiger charge is 2.32. The molecule has 0 aromatic heterocycles. The summed E-state index contributed by atoms with van der Waals surface area (Å²) in [7, 11) is 1.61. The molecular weight excluding hydrogens is 488 g/mol. The lowest BCUT2D eigenvalue weighted by atomic mass is 9.87. The standard InChI is InChI=1S/C33H42N2O4/c1-32(2,3)26-16-18-27(19-17-26)39-23-30(36)35(22-25-14-11-15-28(20-25)38-7)29(31(37)34-33(4,5)6)21-24-12-9-8-10-13-24/h8-20,29H,21-23H2,1-7H3,(H,34,37)/t29-/m1/s1. The van der Waals surface area contributed by atoms with Crippen LogP contribution in [0, 0.1) is 0 Å². The molecular formula is C33H42N2O4. The smallest absolute Gasteiger partial charge is 0.261 e. The quantitative estimate of drug-likeness (QED) is 0.353. The van der Waals surface area contributed by atoms with Gasteiger partial charge in [0, 0.05) is 18.5 Å². The number of hydrogen-bond acceptors (Lipinski definition) is 4. The van der Waals surface area contributed by atoms with Gasteiger partial charge in [0.1, 0.15) is 17.5 Å². The molecule has 0 fully saturated rings. The number of carbonyl (C=O) groups excluding carboxylic acids is 2. The van der Waals surface area contributed by atoms with E-state index in [9.17, 15) is 9.59 Å². The van der Waals surface area contributed by atoms with E-state index in [1.165, 1.54) is 5.56 Å². The van der Waals surface area contributed by atoms with E-state index in [1.807, 2.05) is 99.6 Å². The first-order chi connectivity index (χ1) is 18.4. The Hall–Kier alpha value is -3.80. The fraction of sp³-hybridized carbons (Fsp3) is 0.394. The van der Waals surface area contributed by atoms with Gasteiger partial charge >= 0.3 is 0 Å². The lowest BCUT2D eigenvalue weighted by molar-refractivity contribution is -0.143. The van der Waals surface area contributed by atoms with Crippen molar-refractivity contribution in [2.24, 2.45) is 0 Å². The maximum atomic E-state index is 13.8. The van der Waals surface area contributed by atoms with Crippen LogP contribution in [-0.2, 0) is 28.0 Å². The van der Waals surface area contributed by atoms with Crippen LogP contribution in [0.2, 0.25) is 0 Å². The van der Waals surface area contributed by atoms with Gasteiger partial charge in [0.2, 0.25) is 5.91 Å². The number of methoxy groups -OCH3 is 1. The summed E-state index contributed by atoms with van der Waals surface area (Å²) in [6.07, 6.45) is 0.374. The molecule has 3 aromatic rings. The van der Waals surface area contributed by atoms with Crippen molar-refractivity contribution < 1.29 is 19.1 Å². The first kappa shape index (κ1) is 29.8. The van der Waals surface area contributed by atoms with Crippen molar-refractivity contribution in [3.63, 3.8) is 0 Å². The van der Waals surface area contributed by atoms with E-state index in [2.05, 4.69) is 26.1 Å². The molecule has 0 saturated carbocycles. The van der Waals surface area contributed by atoms with Crippen LogP contribution in [0.4, 0.5) is 0 Å². The van der Waals surface area contributed by atoms with Gasteiger partial charge in [-0.15, -0.1) is 0 Å². The lowest BCUT2D eigenvalue weighted by Gasteiger charge is -2.33. The van der Waals surface area contributed by atoms with Crippen molar-refractivity contribution in [1.82, 2.24) is 10.2 Å². The molecule has 0 aliphatic heterocycles. The minimum absolute atomic E-state index is 0.0208. The molecule has 0 bridgehead atoms. The zero-order valence-electron chi connectivity index (χ0n) is 24.3. The van der Waals surface area contributed by atoms with Crippen molar-refractivity contribution in [2.75, 3.05) is 13.7 Å². The van der Waals surface area contributed by atoms with Gasteiger partial charge in [-0.25, -0.2) is 0 Å². The topological polar surface area (TPSA) is 67.9 Å². The van der Waals surface area contributed by atoms with Crippen LogP contribution < -0.4 is 14.8 Å². The van der Waals surface area contributed by atoms with E-state index in [0.29, 0.717) is 17.9 Å². The average molecular weight is 531 g/mol. The van der Waals surface area contributed by atoms with E-state index >= 15 is 0 Å². The van der Waals surface area contributed by atoms with E-state index in [-0.39, 0.29) is 30.4 Å². The third-order valence-electron chi connectivity index (χ3n) is 6.34. The average Bonchev–Trinajstić information content (AvgIpc) is 2.88. The van der Waals surface area contributed by atoms with E-state index in [1.54, 1.807) is 12.0 Å². The number of nitrogens with one attached hydrogen (secondary N) is 1. The maximum Gasteiger partial charge on any atom is 0.261 e. The summed E-state index contributed by atoms with van der Waals surface area (Å²) in [6.45, 7) is 12.3. The molecule has 3 aromatic carbocycles. The summed E-state index contributed by atoms with van der Waals surface area (Å²) in [5, 5.41) is 3.08. The second-order valence-corrected chi connectivity index (χ2v) is 11.9. The second kappa shape index (κ2) is 12.8. The summed E-state index contributed by atoms with van der Waals surface area (Å²) in [4.78, 5) is 29.1. The molecule has 0 aliphatic carbocycles. The molecule has 39 heavy (non-hydrogen) atoms. The van der Waals surface area contributed by atoms with Crippen LogP contribution >= 0.6 is 0 Å². The fourth-order valence-electron chi connectivity index (χ4n) is 4.25. The Morgan fingerprint density at radius 2 is 1.46 bits per heavy atom. The Kier molecular flexibility index (Phi) is 9.79. The van der Waals surface area contributed by atoms with E-state index < -0.39 is 11.6 Å². The number of nitrogens with zero attached hydrogens (tertiary/aromatic N) is 1. The van der Waals surface area contributed by atoms with Crippen molar-refractivity contribution >= 4 is 11.8 Å². The normalized spacial score (nSPS) is 12.4. The van der Waals surface area contributed by atoms with Gasteiger partial charge in [-0.1, -0.05) is 75.4 Å². The first-order valence-electron chi connectivity index (χ1n) is 13.4. The summed E-state index contributed by atoms with van der Waals surface area (Å²) in [5.74, 6) is 0.810. The molecule has 1 atom stereocenters. The predicted molar refractivity (Wildman–Crippen MR) is 156 cm³/mol. The lowest BCUT2D eigenvalue weighted by Crippen LogP contribution is -2.55. The van der Waals surface area contributed by atoms with Crippen LogP contribution in [0.25, 0.3) is 0 Å². The molecule has 0 aliphatic rings. The van der Waals surface area contributed by atoms with Crippen LogP contribution in [-0.4, -0.2) is 42.0 Å². The van der Waals surface area contributed by atoms with E-state index in [0.717, 1.165) is 11.1 Å². The summed E-state index contributed by atoms with van der Waals surface area (Å²) in [6, 6.07) is 24.4. The van der Waals surface area contributed by atoms with Crippen LogP contribution in [0.15, 0.2) is 78.9 Å². The fourth-order valence-corrected chi connectivity index (χ4v) is 4.25. The van der Waals surface area contributed by atoms with Gasteiger partial charge in [0.15, 0.2) is 6.61 Å². The van der Waals surface area contributed by atoms with Gasteiger partial charge in [-0.2, -0.15) is 0 Å². The number of benzene rings is 3. The Labute approximate surface area is 233 Å². The van der Waals surface area contributed by atoms with E-state index in [4.69, 9.17) is 9.47 Å². The monoisotopic (exact) mass is 530 g/mol. The van der Waals surface area contributed by atoms with Gasteiger partial charge in [-0.3, -0.25) is 9.59 Å². The molecule has 0 heterocycles. The minimum atomic E-state index is -0.739. The van der Waals surface area contributed by atoms with Gasteiger partial charge in [0.05, 0.1) is 7.11 Å². The molecule has 2 amide bonds. The Morgan fingerprint density at radius 3 is 2.05 bits per heavy atom. The zero-order valence-corrected chi connectivity index (χ0v) is 24.3. The van der Waals surface area contributed by atoms with Crippen LogP contribution in [0.5, 0.6) is 11.5 Å². The Morgan fingerprint density at radius 1 is 0.821 bits per heavy atom. The molecule has 0 spiro atoms. The molecule has 208 valence electrons. The molecule has 0 unspecified atom stereocenters. The Balaban J connectivity index is 1.92. The van der Waals surface area contributed by atoms with Crippen molar-refractivity contribution in [1.29, 1.82) is 0 Å². The molecule has 1 N–H and O–H groups in total. The third kappa shape index (κ3) is 9.17. The molecule has 3 rings (SSSR count). The van der Waals surface area contributed by atoms with Crippen LogP contribution in [0.3, 0.4) is 0 Å². The van der Waals surface area contributed by atoms with Gasteiger partial charge in [0.25, 0.3) is 5.91 Å². The number of carbonyl (C=O) groups is 2. The summed E-state index contributed by atoms with van der Waals surface area (Å²) in [5.41, 5.74) is 2.57. The molecule has 0 radical (unpaired) electrons. The molecule has 6 heteroatoms. The third-order valence-corrected chi connectivity index (χ3v) is 6.34. The van der Waals surface area contributed by atoms with Crippen molar-refractivity contribution in [2.45, 2.75) is 71.5 Å². The SMILES string of the molecule is COc1cccc(CN(C(=O)COc2ccc(C(C)(C)C)cc2)[C@H](Cc2ccccc2)C(=O)NC(C)(C)C)c1. The largest absolute Gasteiger partial charge is 0.497 e. The highest BCUT2D eigenvalue weighted by atomic mass is 16.5. The summed E-state index contributed by atoms with van der Waals surface area (Å²) < 4.78 is 11.3. The Bertz CT molecular complexity index is 1230. The molecule has 0 saturated heterocycles. The maximum absolute atomic E-state index is 13.8. The first-order valence-corrected chi connectivity index (χ1v) is 13.4. The minimum Gasteiger partial charge on any atom is -0.497 e. The number of hydrogen-bond donors (Lipinski definition) is 1. The predicted octanol–water partition coefficient (Wildman–Crippen LogP) is 5.93. The number of rotatable bonds is 10. The van der Waals surface area contributed by atoms with Crippen molar-refractivity contribution in [3.8, 4) is 11.5 Å². The van der Waals surface area contributed by atoms with Gasteiger partial charge in [-0.05, 0) is 67.1 Å². The van der Waals surface area contributed by atoms with Crippen LogP contribution in [0.1, 0.15) is 58.2 Å². The number of ether oxygens (including phenoxy) is 2. The molecule has 6 nitrogen and oxygen atoms in total. The highest BCUT2D eigenvalue weighted by molar-refractivity contribution is 5.89. The number of amides is 2.